The Labute approximate surface area is 102 Å². The first-order valence-corrected chi connectivity index (χ1v) is 6.19. The number of amides is 1. The highest BCUT2D eigenvalue weighted by Gasteiger charge is 2.33. The molecule has 0 aliphatic heterocycles. The predicted octanol–water partition coefficient (Wildman–Crippen LogP) is 1.47. The second-order valence-corrected chi connectivity index (χ2v) is 5.18. The Balaban J connectivity index is 2.02. The number of nitrogens with two attached hydrogens (primary N) is 1. The largest absolute Gasteiger partial charge is 0.368 e. The number of carbonyl (C=O) groups is 1. The Hall–Kier alpha value is -1.35. The summed E-state index contributed by atoms with van der Waals surface area (Å²) in [5.41, 5.74) is 6.03. The zero-order chi connectivity index (χ0) is 12.3. The SMILES string of the molecule is CC(Cc1ccccc1)(NCC1CC1)C(N)=O. The number of hydrogen-bond donors (Lipinski definition) is 2. The highest BCUT2D eigenvalue weighted by atomic mass is 16.1. The van der Waals surface area contributed by atoms with Crippen LogP contribution in [0.1, 0.15) is 25.3 Å². The summed E-state index contributed by atoms with van der Waals surface area (Å²) >= 11 is 0. The van der Waals surface area contributed by atoms with Crippen molar-refractivity contribution in [3.8, 4) is 0 Å². The number of primary amides is 1. The molecule has 1 saturated carbocycles. The second kappa shape index (κ2) is 4.88. The first kappa shape index (κ1) is 12.1. The van der Waals surface area contributed by atoms with Crippen molar-refractivity contribution in [2.45, 2.75) is 31.7 Å². The normalized spacial score (nSPS) is 18.6. The van der Waals surface area contributed by atoms with Gasteiger partial charge in [0.15, 0.2) is 0 Å². The number of hydrogen-bond acceptors (Lipinski definition) is 2. The molecule has 3 nitrogen and oxygen atoms in total. The summed E-state index contributed by atoms with van der Waals surface area (Å²) in [5, 5.41) is 3.33. The van der Waals surface area contributed by atoms with Crippen LogP contribution in [0.25, 0.3) is 0 Å². The van der Waals surface area contributed by atoms with Crippen LogP contribution in [0.4, 0.5) is 0 Å². The van der Waals surface area contributed by atoms with Gasteiger partial charge < -0.3 is 11.1 Å². The number of carbonyl (C=O) groups excluding carboxylic acids is 1. The van der Waals surface area contributed by atoms with Gasteiger partial charge in [-0.2, -0.15) is 0 Å². The molecule has 1 aromatic rings. The van der Waals surface area contributed by atoms with Crippen LogP contribution in [0, 0.1) is 5.92 Å². The molecule has 1 aromatic carbocycles. The minimum absolute atomic E-state index is 0.276. The standard InChI is InChI=1S/C14H20N2O/c1-14(13(15)17,16-10-12-7-8-12)9-11-5-3-2-4-6-11/h2-6,12,16H,7-10H2,1H3,(H2,15,17). The van der Waals surface area contributed by atoms with Crippen molar-refractivity contribution in [1.82, 2.24) is 5.32 Å². The van der Waals surface area contributed by atoms with Crippen molar-refractivity contribution in [3.05, 3.63) is 35.9 Å². The van der Waals surface area contributed by atoms with Crippen molar-refractivity contribution in [2.75, 3.05) is 6.54 Å². The molecule has 1 aliphatic carbocycles. The van der Waals surface area contributed by atoms with Gasteiger partial charge in [0.05, 0.1) is 5.54 Å². The van der Waals surface area contributed by atoms with E-state index in [2.05, 4.69) is 5.32 Å². The summed E-state index contributed by atoms with van der Waals surface area (Å²) in [6.07, 6.45) is 3.19. The van der Waals surface area contributed by atoms with Gasteiger partial charge in [0, 0.05) is 0 Å². The molecule has 92 valence electrons. The van der Waals surface area contributed by atoms with E-state index in [1.807, 2.05) is 37.3 Å². The molecule has 1 aliphatic rings. The van der Waals surface area contributed by atoms with Gasteiger partial charge in [-0.1, -0.05) is 30.3 Å². The van der Waals surface area contributed by atoms with E-state index in [4.69, 9.17) is 5.73 Å². The van der Waals surface area contributed by atoms with Gasteiger partial charge in [-0.3, -0.25) is 4.79 Å². The van der Waals surface area contributed by atoms with E-state index in [9.17, 15) is 4.79 Å². The maximum absolute atomic E-state index is 11.6. The van der Waals surface area contributed by atoms with Gasteiger partial charge in [-0.25, -0.2) is 0 Å². The average Bonchev–Trinajstić information content (AvgIpc) is 3.11. The third kappa shape index (κ3) is 3.30. The van der Waals surface area contributed by atoms with Crippen molar-refractivity contribution < 1.29 is 4.79 Å². The van der Waals surface area contributed by atoms with E-state index in [1.54, 1.807) is 0 Å². The van der Waals surface area contributed by atoms with Crippen LogP contribution >= 0.6 is 0 Å². The first-order chi connectivity index (χ1) is 8.10. The number of nitrogens with one attached hydrogen (secondary N) is 1. The summed E-state index contributed by atoms with van der Waals surface area (Å²) in [6, 6.07) is 10.00. The molecule has 1 unspecified atom stereocenters. The van der Waals surface area contributed by atoms with Gasteiger partial charge >= 0.3 is 0 Å². The molecule has 0 heterocycles. The molecule has 3 heteroatoms. The Bertz CT molecular complexity index is 386. The highest BCUT2D eigenvalue weighted by Crippen LogP contribution is 2.28. The smallest absolute Gasteiger partial charge is 0.237 e. The van der Waals surface area contributed by atoms with Crippen molar-refractivity contribution in [3.63, 3.8) is 0 Å². The topological polar surface area (TPSA) is 55.1 Å². The molecule has 0 spiro atoms. The van der Waals surface area contributed by atoms with Crippen molar-refractivity contribution in [2.24, 2.45) is 11.7 Å². The zero-order valence-electron chi connectivity index (χ0n) is 10.3. The third-order valence-electron chi connectivity index (χ3n) is 3.42. The molecule has 1 amide bonds. The summed E-state index contributed by atoms with van der Waals surface area (Å²) in [4.78, 5) is 11.6. The molecular formula is C14H20N2O. The summed E-state index contributed by atoms with van der Waals surface area (Å²) in [6.45, 7) is 2.79. The van der Waals surface area contributed by atoms with Crippen LogP contribution in [0.3, 0.4) is 0 Å². The fraction of sp³-hybridized carbons (Fsp3) is 0.500. The summed E-state index contributed by atoms with van der Waals surface area (Å²) in [7, 11) is 0. The Morgan fingerprint density at radius 3 is 2.59 bits per heavy atom. The van der Waals surface area contributed by atoms with Crippen molar-refractivity contribution in [1.29, 1.82) is 0 Å². The van der Waals surface area contributed by atoms with E-state index >= 15 is 0 Å². The molecule has 0 bridgehead atoms. The second-order valence-electron chi connectivity index (χ2n) is 5.18. The van der Waals surface area contributed by atoms with Gasteiger partial charge in [0.25, 0.3) is 0 Å². The maximum Gasteiger partial charge on any atom is 0.237 e. The van der Waals surface area contributed by atoms with E-state index in [0.29, 0.717) is 6.42 Å². The summed E-state index contributed by atoms with van der Waals surface area (Å²) in [5.74, 6) is 0.464. The Morgan fingerprint density at radius 2 is 2.06 bits per heavy atom. The number of benzene rings is 1. The molecule has 0 saturated heterocycles. The van der Waals surface area contributed by atoms with Crippen LogP contribution in [-0.4, -0.2) is 18.0 Å². The van der Waals surface area contributed by atoms with Crippen LogP contribution in [0.5, 0.6) is 0 Å². The minimum atomic E-state index is -0.635. The lowest BCUT2D eigenvalue weighted by atomic mass is 9.92. The fourth-order valence-electron chi connectivity index (χ4n) is 1.93. The van der Waals surface area contributed by atoms with E-state index in [-0.39, 0.29) is 5.91 Å². The molecule has 1 fully saturated rings. The van der Waals surface area contributed by atoms with Crippen LogP contribution < -0.4 is 11.1 Å². The maximum atomic E-state index is 11.6. The molecule has 0 aromatic heterocycles. The fourth-order valence-corrected chi connectivity index (χ4v) is 1.93. The monoisotopic (exact) mass is 232 g/mol. The molecule has 3 N–H and O–H groups in total. The lowest BCUT2D eigenvalue weighted by Gasteiger charge is -2.27. The number of rotatable bonds is 6. The Kier molecular flexibility index (Phi) is 3.48. The molecular weight excluding hydrogens is 212 g/mol. The summed E-state index contributed by atoms with van der Waals surface area (Å²) < 4.78 is 0. The van der Waals surface area contributed by atoms with E-state index in [0.717, 1.165) is 18.0 Å². The zero-order valence-corrected chi connectivity index (χ0v) is 10.3. The average molecular weight is 232 g/mol. The molecule has 1 atom stereocenters. The minimum Gasteiger partial charge on any atom is -0.368 e. The lowest BCUT2D eigenvalue weighted by molar-refractivity contribution is -0.123. The van der Waals surface area contributed by atoms with Crippen LogP contribution in [0.15, 0.2) is 30.3 Å². The van der Waals surface area contributed by atoms with E-state index in [1.165, 1.54) is 12.8 Å². The van der Waals surface area contributed by atoms with E-state index < -0.39 is 5.54 Å². The molecule has 17 heavy (non-hydrogen) atoms. The van der Waals surface area contributed by atoms with Gasteiger partial charge in [0.2, 0.25) is 5.91 Å². The van der Waals surface area contributed by atoms with Gasteiger partial charge in [-0.05, 0) is 44.2 Å². The Morgan fingerprint density at radius 1 is 1.41 bits per heavy atom. The van der Waals surface area contributed by atoms with Gasteiger partial charge in [0.1, 0.15) is 0 Å². The van der Waals surface area contributed by atoms with Gasteiger partial charge in [-0.15, -0.1) is 0 Å². The van der Waals surface area contributed by atoms with Crippen LogP contribution in [-0.2, 0) is 11.2 Å². The molecule has 0 radical (unpaired) electrons. The first-order valence-electron chi connectivity index (χ1n) is 6.19. The molecule has 2 rings (SSSR count). The quantitative estimate of drug-likeness (QED) is 0.780. The highest BCUT2D eigenvalue weighted by molar-refractivity contribution is 5.84. The third-order valence-corrected chi connectivity index (χ3v) is 3.42. The van der Waals surface area contributed by atoms with Crippen LogP contribution in [0.2, 0.25) is 0 Å². The predicted molar refractivity (Wildman–Crippen MR) is 68.5 cm³/mol. The van der Waals surface area contributed by atoms with Crippen molar-refractivity contribution >= 4 is 5.91 Å². The lowest BCUT2D eigenvalue weighted by Crippen LogP contribution is -2.55.